The Morgan fingerprint density at radius 2 is 2.29 bits per heavy atom. The third-order valence-corrected chi connectivity index (χ3v) is 3.50. The lowest BCUT2D eigenvalue weighted by atomic mass is 9.99. The summed E-state index contributed by atoms with van der Waals surface area (Å²) in [4.78, 5) is 4.30. The van der Waals surface area contributed by atoms with Crippen LogP contribution >= 0.6 is 11.3 Å². The third kappa shape index (κ3) is 2.90. The number of nitrogens with one attached hydrogen (secondary N) is 1. The van der Waals surface area contributed by atoms with Gasteiger partial charge in [-0.2, -0.15) is 0 Å². The molecule has 2 aromatic rings. The number of aromatic nitrogens is 1. The van der Waals surface area contributed by atoms with E-state index in [0.29, 0.717) is 0 Å². The summed E-state index contributed by atoms with van der Waals surface area (Å²) in [5.41, 5.74) is 4.97. The molecule has 0 saturated heterocycles. The van der Waals surface area contributed by atoms with Crippen LogP contribution in [0.15, 0.2) is 29.1 Å². The van der Waals surface area contributed by atoms with Gasteiger partial charge in [0.2, 0.25) is 0 Å². The number of benzene rings is 1. The maximum Gasteiger partial charge on any atom is 0.123 e. The Morgan fingerprint density at radius 1 is 1.47 bits per heavy atom. The van der Waals surface area contributed by atoms with E-state index in [0.717, 1.165) is 23.2 Å². The molecule has 1 unspecified atom stereocenters. The maximum absolute atomic E-state index is 13.2. The zero-order valence-corrected chi connectivity index (χ0v) is 10.7. The lowest BCUT2D eigenvalue weighted by Crippen LogP contribution is -2.19. The van der Waals surface area contributed by atoms with Crippen LogP contribution < -0.4 is 5.32 Å². The summed E-state index contributed by atoms with van der Waals surface area (Å²) in [7, 11) is 1.90. The van der Waals surface area contributed by atoms with Gasteiger partial charge in [-0.15, -0.1) is 11.3 Å². The van der Waals surface area contributed by atoms with Crippen molar-refractivity contribution in [3.8, 4) is 0 Å². The second-order valence-corrected chi connectivity index (χ2v) is 4.75. The van der Waals surface area contributed by atoms with E-state index in [1.54, 1.807) is 17.4 Å². The predicted octanol–water partition coefficient (Wildman–Crippen LogP) is 3.09. The summed E-state index contributed by atoms with van der Waals surface area (Å²) in [6, 6.07) is 5.06. The van der Waals surface area contributed by atoms with Crippen LogP contribution in [0.3, 0.4) is 0 Å². The fourth-order valence-electron chi connectivity index (χ4n) is 1.83. The van der Waals surface area contributed by atoms with Crippen molar-refractivity contribution in [3.05, 3.63) is 51.7 Å². The fraction of sp³-hybridized carbons (Fsp3) is 0.308. The molecule has 0 spiro atoms. The summed E-state index contributed by atoms with van der Waals surface area (Å²) in [5, 5.41) is 5.24. The number of hydrogen-bond donors (Lipinski definition) is 1. The van der Waals surface area contributed by atoms with E-state index in [1.165, 1.54) is 6.07 Å². The van der Waals surface area contributed by atoms with Gasteiger partial charge < -0.3 is 5.32 Å². The second kappa shape index (κ2) is 5.38. The van der Waals surface area contributed by atoms with Crippen molar-refractivity contribution in [2.75, 3.05) is 7.05 Å². The third-order valence-electron chi connectivity index (χ3n) is 2.89. The Balaban J connectivity index is 2.21. The molecule has 0 aliphatic carbocycles. The largest absolute Gasteiger partial charge is 0.311 e. The van der Waals surface area contributed by atoms with E-state index >= 15 is 0 Å². The van der Waals surface area contributed by atoms with Crippen LogP contribution in [0, 0.1) is 12.7 Å². The highest BCUT2D eigenvalue weighted by Crippen LogP contribution is 2.20. The fourth-order valence-corrected chi connectivity index (χ4v) is 2.44. The monoisotopic (exact) mass is 250 g/mol. The Morgan fingerprint density at radius 3 is 2.94 bits per heavy atom. The van der Waals surface area contributed by atoms with Crippen molar-refractivity contribution >= 4 is 11.3 Å². The molecule has 90 valence electrons. The van der Waals surface area contributed by atoms with Crippen LogP contribution in [0.4, 0.5) is 4.39 Å². The van der Waals surface area contributed by atoms with E-state index in [4.69, 9.17) is 0 Å². The van der Waals surface area contributed by atoms with Crippen molar-refractivity contribution in [2.24, 2.45) is 0 Å². The quantitative estimate of drug-likeness (QED) is 0.902. The molecule has 1 atom stereocenters. The SMILES string of the molecule is CNC(Cc1cc(F)ccc1C)c1cscn1. The Bertz CT molecular complexity index is 482. The molecule has 0 saturated carbocycles. The first kappa shape index (κ1) is 12.2. The van der Waals surface area contributed by atoms with Gasteiger partial charge in [0.1, 0.15) is 5.82 Å². The van der Waals surface area contributed by atoms with E-state index in [2.05, 4.69) is 10.3 Å². The van der Waals surface area contributed by atoms with Gasteiger partial charge in [-0.05, 0) is 43.7 Å². The van der Waals surface area contributed by atoms with Gasteiger partial charge in [0, 0.05) is 5.38 Å². The normalized spacial score (nSPS) is 12.6. The molecule has 0 bridgehead atoms. The molecule has 0 radical (unpaired) electrons. The molecule has 2 nitrogen and oxygen atoms in total. The van der Waals surface area contributed by atoms with E-state index < -0.39 is 0 Å². The van der Waals surface area contributed by atoms with Crippen LogP contribution in [0.1, 0.15) is 22.9 Å². The van der Waals surface area contributed by atoms with Gasteiger partial charge in [0.05, 0.1) is 17.2 Å². The van der Waals surface area contributed by atoms with Crippen LogP contribution in [-0.2, 0) is 6.42 Å². The summed E-state index contributed by atoms with van der Waals surface area (Å²) in [6.45, 7) is 2.00. The van der Waals surface area contributed by atoms with Gasteiger partial charge in [0.15, 0.2) is 0 Å². The van der Waals surface area contributed by atoms with E-state index in [9.17, 15) is 4.39 Å². The highest BCUT2D eigenvalue weighted by atomic mass is 32.1. The van der Waals surface area contributed by atoms with Crippen molar-refractivity contribution < 1.29 is 4.39 Å². The zero-order chi connectivity index (χ0) is 12.3. The molecule has 1 aromatic carbocycles. The molecule has 17 heavy (non-hydrogen) atoms. The van der Waals surface area contributed by atoms with Gasteiger partial charge in [-0.1, -0.05) is 6.07 Å². The Kier molecular flexibility index (Phi) is 3.86. The lowest BCUT2D eigenvalue weighted by molar-refractivity contribution is 0.571. The number of hydrogen-bond acceptors (Lipinski definition) is 3. The molecule has 1 heterocycles. The highest BCUT2D eigenvalue weighted by molar-refractivity contribution is 7.07. The molecule has 2 rings (SSSR count). The van der Waals surface area contributed by atoms with Crippen molar-refractivity contribution in [2.45, 2.75) is 19.4 Å². The molecule has 4 heteroatoms. The molecule has 1 aromatic heterocycles. The van der Waals surface area contributed by atoms with Gasteiger partial charge in [-0.3, -0.25) is 0 Å². The van der Waals surface area contributed by atoms with Crippen molar-refractivity contribution in [1.29, 1.82) is 0 Å². The number of rotatable bonds is 4. The Hall–Kier alpha value is -1.26. The van der Waals surface area contributed by atoms with E-state index in [-0.39, 0.29) is 11.9 Å². The number of likely N-dealkylation sites (N-methyl/N-ethyl adjacent to an activating group) is 1. The topological polar surface area (TPSA) is 24.9 Å². The predicted molar refractivity (Wildman–Crippen MR) is 68.8 cm³/mol. The number of aryl methyl sites for hydroxylation is 1. The van der Waals surface area contributed by atoms with Crippen LogP contribution in [0.25, 0.3) is 0 Å². The van der Waals surface area contributed by atoms with Crippen LogP contribution in [-0.4, -0.2) is 12.0 Å². The number of nitrogens with zero attached hydrogens (tertiary/aromatic N) is 1. The molecule has 0 aliphatic rings. The van der Waals surface area contributed by atoms with Crippen LogP contribution in [0.5, 0.6) is 0 Å². The molecule has 0 amide bonds. The summed E-state index contributed by atoms with van der Waals surface area (Å²) in [6.07, 6.45) is 0.754. The minimum Gasteiger partial charge on any atom is -0.311 e. The Labute approximate surface area is 105 Å². The first-order valence-electron chi connectivity index (χ1n) is 5.51. The second-order valence-electron chi connectivity index (χ2n) is 4.03. The van der Waals surface area contributed by atoms with E-state index in [1.807, 2.05) is 30.9 Å². The summed E-state index contributed by atoms with van der Waals surface area (Å²) < 4.78 is 13.2. The molecule has 0 fully saturated rings. The molecule has 0 aliphatic heterocycles. The zero-order valence-electron chi connectivity index (χ0n) is 9.90. The standard InChI is InChI=1S/C13H15FN2S/c1-9-3-4-11(14)5-10(9)6-12(15-2)13-7-17-8-16-13/h3-5,7-8,12,15H,6H2,1-2H3. The summed E-state index contributed by atoms with van der Waals surface area (Å²) in [5.74, 6) is -0.182. The van der Waals surface area contributed by atoms with Crippen LogP contribution in [0.2, 0.25) is 0 Å². The van der Waals surface area contributed by atoms with Crippen molar-refractivity contribution in [3.63, 3.8) is 0 Å². The lowest BCUT2D eigenvalue weighted by Gasteiger charge is -2.15. The van der Waals surface area contributed by atoms with Gasteiger partial charge in [0.25, 0.3) is 0 Å². The first-order chi connectivity index (χ1) is 8.20. The highest BCUT2D eigenvalue weighted by Gasteiger charge is 2.13. The summed E-state index contributed by atoms with van der Waals surface area (Å²) >= 11 is 1.58. The minimum atomic E-state index is -0.182. The average Bonchev–Trinajstić information content (AvgIpc) is 2.84. The smallest absolute Gasteiger partial charge is 0.123 e. The number of thiazole rings is 1. The average molecular weight is 250 g/mol. The maximum atomic E-state index is 13.2. The number of halogens is 1. The van der Waals surface area contributed by atoms with Crippen molar-refractivity contribution in [1.82, 2.24) is 10.3 Å². The van der Waals surface area contributed by atoms with Gasteiger partial charge >= 0.3 is 0 Å². The van der Waals surface area contributed by atoms with Gasteiger partial charge in [-0.25, -0.2) is 9.37 Å². The molecular formula is C13H15FN2S. The first-order valence-corrected chi connectivity index (χ1v) is 6.45. The molecule has 1 N–H and O–H groups in total. The minimum absolute atomic E-state index is 0.141. The molecular weight excluding hydrogens is 235 g/mol.